The van der Waals surface area contributed by atoms with Crippen LogP contribution < -0.4 is 0 Å². The molecule has 2 nitrogen and oxygen atoms in total. The third-order valence-corrected chi connectivity index (χ3v) is 9.06. The van der Waals surface area contributed by atoms with Gasteiger partial charge in [0, 0.05) is 22.8 Å². The van der Waals surface area contributed by atoms with E-state index in [-0.39, 0.29) is 0 Å². The molecule has 0 N–H and O–H groups in total. The molecule has 0 radical (unpaired) electrons. The first-order valence-electron chi connectivity index (χ1n) is 18.2. The second-order valence-electron chi connectivity index (χ2n) is 13.1. The average molecular weight is 583 g/mol. The SMILES string of the molecule is CCCCCCc1cc(CCCCCC)cc(C2=CC(CCCCC)=C(c3cc(CCCC)cc(CCCC)c3)[N+]2=[N-])c1. The highest BCUT2D eigenvalue weighted by Crippen LogP contribution is 2.39. The minimum atomic E-state index is 0.959. The molecule has 0 aromatic heterocycles. The Morgan fingerprint density at radius 2 is 0.837 bits per heavy atom. The normalized spacial score (nSPS) is 13.3. The number of hydrogen-bond donors (Lipinski definition) is 0. The molecule has 0 spiro atoms. The van der Waals surface area contributed by atoms with E-state index in [0.29, 0.717) is 0 Å². The van der Waals surface area contributed by atoms with Crippen LogP contribution in [0.4, 0.5) is 0 Å². The van der Waals surface area contributed by atoms with Gasteiger partial charge in [0.05, 0.1) is 0 Å². The lowest BCUT2D eigenvalue weighted by atomic mass is 9.95. The van der Waals surface area contributed by atoms with Gasteiger partial charge in [-0.15, -0.1) is 0 Å². The Morgan fingerprint density at radius 3 is 1.30 bits per heavy atom. The molecule has 236 valence electrons. The van der Waals surface area contributed by atoms with E-state index in [4.69, 9.17) is 0 Å². The first kappa shape index (κ1) is 35.0. The van der Waals surface area contributed by atoms with Crippen LogP contribution >= 0.6 is 0 Å². The van der Waals surface area contributed by atoms with Crippen molar-refractivity contribution in [3.63, 3.8) is 0 Å². The molecule has 1 aliphatic heterocycles. The van der Waals surface area contributed by atoms with E-state index in [1.54, 1.807) is 4.70 Å². The smallest absolute Gasteiger partial charge is 0.210 e. The molecule has 2 aromatic carbocycles. The standard InChI is InChI=1S/C41H62N2/c1-6-11-16-19-23-35-27-36(24-20-17-12-7-2)29-38(28-35)40-32-37(25-18-13-8-3)41(43(40)42)39-30-33(21-14-9-4)26-34(31-39)22-15-10-5/h26-32H,6-25H2,1-5H3. The Hall–Kier alpha value is -2.48. The van der Waals surface area contributed by atoms with Gasteiger partial charge in [-0.1, -0.05) is 111 Å². The quantitative estimate of drug-likeness (QED) is 0.0974. The predicted molar refractivity (Wildman–Crippen MR) is 188 cm³/mol. The maximum absolute atomic E-state index is 12.0. The minimum Gasteiger partial charge on any atom is -0.493 e. The monoisotopic (exact) mass is 582 g/mol. The van der Waals surface area contributed by atoms with E-state index in [0.717, 1.165) is 49.9 Å². The third-order valence-electron chi connectivity index (χ3n) is 9.06. The molecule has 0 aliphatic carbocycles. The summed E-state index contributed by atoms with van der Waals surface area (Å²) in [5.41, 5.74) is 23.3. The highest BCUT2D eigenvalue weighted by Gasteiger charge is 2.29. The molecule has 2 heteroatoms. The maximum Gasteiger partial charge on any atom is 0.210 e. The van der Waals surface area contributed by atoms with Gasteiger partial charge < -0.3 is 5.53 Å². The van der Waals surface area contributed by atoms with Crippen LogP contribution in [0, 0.1) is 0 Å². The molecule has 0 fully saturated rings. The number of nitrogens with zero attached hydrogens (tertiary/aromatic N) is 2. The number of benzene rings is 2. The molecule has 0 saturated carbocycles. The number of hydrogen-bond acceptors (Lipinski definition) is 0. The Morgan fingerprint density at radius 1 is 0.442 bits per heavy atom. The van der Waals surface area contributed by atoms with Crippen LogP contribution in [0.15, 0.2) is 48.0 Å². The van der Waals surface area contributed by atoms with Crippen LogP contribution in [0.1, 0.15) is 171 Å². The second-order valence-corrected chi connectivity index (χ2v) is 13.1. The molecule has 0 unspecified atom stereocenters. The molecule has 1 aliphatic rings. The van der Waals surface area contributed by atoms with E-state index >= 15 is 0 Å². The van der Waals surface area contributed by atoms with Crippen LogP contribution in [0.3, 0.4) is 0 Å². The van der Waals surface area contributed by atoms with Crippen molar-refractivity contribution < 1.29 is 4.70 Å². The van der Waals surface area contributed by atoms with Gasteiger partial charge in [0.1, 0.15) is 0 Å². The molecule has 0 saturated heterocycles. The molecule has 43 heavy (non-hydrogen) atoms. The van der Waals surface area contributed by atoms with Gasteiger partial charge >= 0.3 is 0 Å². The summed E-state index contributed by atoms with van der Waals surface area (Å²) in [6, 6.07) is 14.3. The van der Waals surface area contributed by atoms with Crippen molar-refractivity contribution >= 4 is 11.4 Å². The van der Waals surface area contributed by atoms with Crippen LogP contribution in [-0.2, 0) is 25.7 Å². The number of rotatable bonds is 22. The zero-order valence-electron chi connectivity index (χ0n) is 28.6. The summed E-state index contributed by atoms with van der Waals surface area (Å²) in [6.07, 6.45) is 26.4. The van der Waals surface area contributed by atoms with Crippen molar-refractivity contribution in [3.05, 3.63) is 87.0 Å². The zero-order chi connectivity index (χ0) is 30.9. The summed E-state index contributed by atoms with van der Waals surface area (Å²) in [6.45, 7) is 11.4. The number of allylic oxidation sites excluding steroid dienone is 2. The summed E-state index contributed by atoms with van der Waals surface area (Å²) in [5, 5.41) is 0. The van der Waals surface area contributed by atoms with Gasteiger partial charge in [-0.2, -0.15) is 0 Å². The van der Waals surface area contributed by atoms with Crippen LogP contribution in [0.2, 0.25) is 0 Å². The fourth-order valence-electron chi connectivity index (χ4n) is 6.48. The fraction of sp³-hybridized carbons (Fsp3) is 0.610. The summed E-state index contributed by atoms with van der Waals surface area (Å²) in [5.74, 6) is 0. The molecule has 0 bridgehead atoms. The van der Waals surface area contributed by atoms with E-state index < -0.39 is 0 Å². The van der Waals surface area contributed by atoms with Crippen molar-refractivity contribution in [2.75, 3.05) is 0 Å². The lowest BCUT2D eigenvalue weighted by molar-refractivity contribution is -0.344. The van der Waals surface area contributed by atoms with E-state index in [1.807, 2.05) is 0 Å². The van der Waals surface area contributed by atoms with Crippen molar-refractivity contribution in [3.8, 4) is 0 Å². The van der Waals surface area contributed by atoms with Gasteiger partial charge in [-0.3, -0.25) is 0 Å². The first-order valence-corrected chi connectivity index (χ1v) is 18.2. The zero-order valence-corrected chi connectivity index (χ0v) is 28.6. The summed E-state index contributed by atoms with van der Waals surface area (Å²) >= 11 is 0. The minimum absolute atomic E-state index is 0.959. The molecular formula is C41H62N2. The van der Waals surface area contributed by atoms with E-state index in [9.17, 15) is 5.53 Å². The number of aryl methyl sites for hydroxylation is 4. The van der Waals surface area contributed by atoms with Gasteiger partial charge in [-0.05, 0) is 111 Å². The second kappa shape index (κ2) is 19.7. The molecule has 1 heterocycles. The summed E-state index contributed by atoms with van der Waals surface area (Å²) in [4.78, 5) is 0. The summed E-state index contributed by atoms with van der Waals surface area (Å²) < 4.78 is 1.56. The lowest BCUT2D eigenvalue weighted by Gasteiger charge is -2.14. The molecular weight excluding hydrogens is 520 g/mol. The Bertz CT molecular complexity index is 1140. The van der Waals surface area contributed by atoms with Crippen molar-refractivity contribution in [1.29, 1.82) is 0 Å². The fourth-order valence-corrected chi connectivity index (χ4v) is 6.48. The maximum atomic E-state index is 12.0. The highest BCUT2D eigenvalue weighted by atomic mass is 15.2. The lowest BCUT2D eigenvalue weighted by Crippen LogP contribution is -2.05. The van der Waals surface area contributed by atoms with Gasteiger partial charge in [-0.25, -0.2) is 4.70 Å². The summed E-state index contributed by atoms with van der Waals surface area (Å²) in [7, 11) is 0. The average Bonchev–Trinajstić information content (AvgIpc) is 3.35. The predicted octanol–water partition coefficient (Wildman–Crippen LogP) is 13.0. The van der Waals surface area contributed by atoms with Gasteiger partial charge in [0.2, 0.25) is 11.4 Å². The Labute approximate surface area is 265 Å². The van der Waals surface area contributed by atoms with Crippen LogP contribution in [0.5, 0.6) is 0 Å². The largest absolute Gasteiger partial charge is 0.493 e. The topological polar surface area (TPSA) is 25.3 Å². The molecule has 3 rings (SSSR count). The third kappa shape index (κ3) is 11.2. The van der Waals surface area contributed by atoms with E-state index in [2.05, 4.69) is 77.1 Å². The van der Waals surface area contributed by atoms with Crippen LogP contribution in [0.25, 0.3) is 16.9 Å². The molecule has 0 atom stereocenters. The van der Waals surface area contributed by atoms with Gasteiger partial charge in [0.15, 0.2) is 0 Å². The van der Waals surface area contributed by atoms with Crippen molar-refractivity contribution in [1.82, 2.24) is 0 Å². The highest BCUT2D eigenvalue weighted by molar-refractivity contribution is 5.79. The molecule has 2 aromatic rings. The Balaban J connectivity index is 2.00. The van der Waals surface area contributed by atoms with Gasteiger partial charge in [0.25, 0.3) is 0 Å². The van der Waals surface area contributed by atoms with E-state index in [1.165, 1.54) is 129 Å². The van der Waals surface area contributed by atoms with Crippen molar-refractivity contribution in [2.24, 2.45) is 0 Å². The molecule has 0 amide bonds. The Kier molecular flexibility index (Phi) is 16.1. The van der Waals surface area contributed by atoms with Crippen LogP contribution in [-0.4, -0.2) is 4.70 Å². The van der Waals surface area contributed by atoms with Crippen molar-refractivity contribution in [2.45, 2.75) is 163 Å². The number of unbranched alkanes of at least 4 members (excludes halogenated alkanes) is 10. The first-order chi connectivity index (χ1) is 21.0.